The molecule has 2 atom stereocenters. The van der Waals surface area contributed by atoms with E-state index in [-0.39, 0.29) is 19.3 Å². The van der Waals surface area contributed by atoms with Gasteiger partial charge in [0.05, 0.1) is 12.6 Å². The highest BCUT2D eigenvalue weighted by atomic mass is 16.4. The van der Waals surface area contributed by atoms with Gasteiger partial charge in [-0.05, 0) is 12.0 Å². The molecule has 0 spiro atoms. The molecule has 0 aliphatic carbocycles. The van der Waals surface area contributed by atoms with Crippen molar-refractivity contribution in [2.45, 2.75) is 31.3 Å². The Bertz CT molecular complexity index is 740. The molecule has 0 radical (unpaired) electrons. The van der Waals surface area contributed by atoms with Gasteiger partial charge in [0.15, 0.2) is 0 Å². The largest absolute Gasteiger partial charge is 0.480 e. The molecule has 1 rings (SSSR count). The highest BCUT2D eigenvalue weighted by molar-refractivity contribution is 5.92. The standard InChI is InChI=1S/C18H25N5O6/c19-12(6-7-14(20)24)17(28)23-13(8-11-4-2-1-3-5-11)18(29)22-9-15(25)21-10-16(26)27/h1-5,12-13H,6-10,19H2,(H2,20,24)(H,21,25)(H,22,29)(H,23,28)(H,26,27). The van der Waals surface area contributed by atoms with Crippen molar-refractivity contribution in [2.75, 3.05) is 13.1 Å². The van der Waals surface area contributed by atoms with E-state index in [0.717, 1.165) is 5.56 Å². The summed E-state index contributed by atoms with van der Waals surface area (Å²) in [7, 11) is 0. The summed E-state index contributed by atoms with van der Waals surface area (Å²) in [5.74, 6) is -3.79. The van der Waals surface area contributed by atoms with E-state index in [0.29, 0.717) is 0 Å². The first kappa shape index (κ1) is 23.6. The summed E-state index contributed by atoms with van der Waals surface area (Å²) in [6, 6.07) is 6.79. The van der Waals surface area contributed by atoms with E-state index < -0.39 is 54.8 Å². The van der Waals surface area contributed by atoms with Gasteiger partial charge in [-0.1, -0.05) is 30.3 Å². The van der Waals surface area contributed by atoms with Crippen LogP contribution >= 0.6 is 0 Å². The van der Waals surface area contributed by atoms with Crippen LogP contribution in [-0.2, 0) is 30.4 Å². The molecule has 11 heteroatoms. The molecule has 0 aromatic heterocycles. The first-order valence-corrected chi connectivity index (χ1v) is 8.83. The molecule has 1 aromatic carbocycles. The van der Waals surface area contributed by atoms with Crippen LogP contribution in [0.4, 0.5) is 0 Å². The van der Waals surface area contributed by atoms with Gasteiger partial charge < -0.3 is 32.5 Å². The van der Waals surface area contributed by atoms with Crippen molar-refractivity contribution in [3.8, 4) is 0 Å². The number of rotatable bonds is 12. The van der Waals surface area contributed by atoms with Crippen molar-refractivity contribution in [2.24, 2.45) is 11.5 Å². The molecule has 0 bridgehead atoms. The Hall–Kier alpha value is -3.47. The Kier molecular flexibility index (Phi) is 9.82. The molecule has 29 heavy (non-hydrogen) atoms. The summed E-state index contributed by atoms with van der Waals surface area (Å²) < 4.78 is 0. The fourth-order valence-corrected chi connectivity index (χ4v) is 2.29. The molecule has 11 nitrogen and oxygen atoms in total. The normalized spacial score (nSPS) is 12.3. The maximum Gasteiger partial charge on any atom is 0.322 e. The van der Waals surface area contributed by atoms with Crippen molar-refractivity contribution in [1.29, 1.82) is 0 Å². The van der Waals surface area contributed by atoms with Gasteiger partial charge in [-0.3, -0.25) is 24.0 Å². The van der Waals surface area contributed by atoms with Gasteiger partial charge in [-0.2, -0.15) is 0 Å². The SMILES string of the molecule is NC(=O)CCC(N)C(=O)NC(Cc1ccccc1)C(=O)NCC(=O)NCC(=O)O. The smallest absolute Gasteiger partial charge is 0.322 e. The van der Waals surface area contributed by atoms with Crippen molar-refractivity contribution in [3.63, 3.8) is 0 Å². The zero-order chi connectivity index (χ0) is 21.8. The van der Waals surface area contributed by atoms with Gasteiger partial charge in [0.2, 0.25) is 23.6 Å². The van der Waals surface area contributed by atoms with Crippen LogP contribution in [0.3, 0.4) is 0 Å². The van der Waals surface area contributed by atoms with Crippen LogP contribution < -0.4 is 27.4 Å². The van der Waals surface area contributed by atoms with E-state index in [1.807, 2.05) is 0 Å². The summed E-state index contributed by atoms with van der Waals surface area (Å²) >= 11 is 0. The third kappa shape index (κ3) is 9.86. The Morgan fingerprint density at radius 2 is 1.62 bits per heavy atom. The third-order valence-electron chi connectivity index (χ3n) is 3.81. The number of carboxylic acid groups (broad SMARTS) is 1. The van der Waals surface area contributed by atoms with Crippen molar-refractivity contribution < 1.29 is 29.1 Å². The number of aliphatic carboxylic acids is 1. The highest BCUT2D eigenvalue weighted by Gasteiger charge is 2.24. The van der Waals surface area contributed by atoms with Gasteiger partial charge >= 0.3 is 5.97 Å². The lowest BCUT2D eigenvalue weighted by atomic mass is 10.0. The zero-order valence-electron chi connectivity index (χ0n) is 15.7. The van der Waals surface area contributed by atoms with Crippen LogP contribution in [0, 0.1) is 0 Å². The number of carbonyl (C=O) groups excluding carboxylic acids is 4. The Morgan fingerprint density at radius 1 is 0.966 bits per heavy atom. The second-order valence-electron chi connectivity index (χ2n) is 6.25. The third-order valence-corrected chi connectivity index (χ3v) is 3.81. The van der Waals surface area contributed by atoms with Crippen LogP contribution in [0.1, 0.15) is 18.4 Å². The molecule has 8 N–H and O–H groups in total. The number of benzene rings is 1. The number of nitrogens with two attached hydrogens (primary N) is 2. The number of carboxylic acids is 1. The minimum Gasteiger partial charge on any atom is -0.480 e. The van der Waals surface area contributed by atoms with Crippen LogP contribution in [0.25, 0.3) is 0 Å². The van der Waals surface area contributed by atoms with E-state index in [9.17, 15) is 24.0 Å². The number of hydrogen-bond acceptors (Lipinski definition) is 6. The molecule has 0 aliphatic rings. The van der Waals surface area contributed by atoms with Crippen LogP contribution in [0.2, 0.25) is 0 Å². The molecule has 158 valence electrons. The summed E-state index contributed by atoms with van der Waals surface area (Å²) in [5, 5.41) is 15.5. The molecule has 0 saturated heterocycles. The van der Waals surface area contributed by atoms with E-state index >= 15 is 0 Å². The zero-order valence-corrected chi connectivity index (χ0v) is 15.7. The van der Waals surface area contributed by atoms with Crippen molar-refractivity contribution >= 4 is 29.6 Å². The maximum absolute atomic E-state index is 12.5. The Morgan fingerprint density at radius 3 is 2.21 bits per heavy atom. The minimum atomic E-state index is -1.22. The van der Waals surface area contributed by atoms with Crippen LogP contribution in [0.15, 0.2) is 30.3 Å². The summed E-state index contributed by atoms with van der Waals surface area (Å²) in [4.78, 5) is 57.6. The molecule has 4 amide bonds. The van der Waals surface area contributed by atoms with Crippen LogP contribution in [0.5, 0.6) is 0 Å². The van der Waals surface area contributed by atoms with Crippen molar-refractivity contribution in [3.05, 3.63) is 35.9 Å². The topological polar surface area (TPSA) is 194 Å². The maximum atomic E-state index is 12.5. The molecule has 0 aliphatic heterocycles. The van der Waals surface area contributed by atoms with Gasteiger partial charge in [0.25, 0.3) is 0 Å². The van der Waals surface area contributed by atoms with E-state index in [4.69, 9.17) is 16.6 Å². The monoisotopic (exact) mass is 407 g/mol. The molecular formula is C18H25N5O6. The average Bonchev–Trinajstić information content (AvgIpc) is 2.68. The first-order valence-electron chi connectivity index (χ1n) is 8.83. The lowest BCUT2D eigenvalue weighted by molar-refractivity contribution is -0.138. The van der Waals surface area contributed by atoms with Gasteiger partial charge in [-0.25, -0.2) is 0 Å². The van der Waals surface area contributed by atoms with Gasteiger partial charge in [0.1, 0.15) is 12.6 Å². The molecular weight excluding hydrogens is 382 g/mol. The quantitative estimate of drug-likeness (QED) is 0.223. The number of carbonyl (C=O) groups is 5. The fourth-order valence-electron chi connectivity index (χ4n) is 2.29. The molecule has 1 aromatic rings. The molecule has 2 unspecified atom stereocenters. The predicted octanol–water partition coefficient (Wildman–Crippen LogP) is -2.38. The lowest BCUT2D eigenvalue weighted by Crippen LogP contribution is -2.53. The minimum absolute atomic E-state index is 0.0262. The van der Waals surface area contributed by atoms with Gasteiger partial charge in [0, 0.05) is 12.8 Å². The van der Waals surface area contributed by atoms with E-state index in [1.165, 1.54) is 0 Å². The number of nitrogens with one attached hydrogen (secondary N) is 3. The Labute approximate surface area is 167 Å². The molecule has 0 saturated carbocycles. The highest BCUT2D eigenvalue weighted by Crippen LogP contribution is 2.04. The lowest BCUT2D eigenvalue weighted by Gasteiger charge is -2.20. The summed E-state index contributed by atoms with van der Waals surface area (Å²) in [6.45, 7) is -1.03. The second kappa shape index (κ2) is 12.1. The molecule has 0 heterocycles. The number of amides is 4. The summed E-state index contributed by atoms with van der Waals surface area (Å²) in [6.07, 6.45) is 0.0873. The van der Waals surface area contributed by atoms with Crippen LogP contribution in [-0.4, -0.2) is 59.9 Å². The van der Waals surface area contributed by atoms with Gasteiger partial charge in [-0.15, -0.1) is 0 Å². The molecule has 0 fully saturated rings. The van der Waals surface area contributed by atoms with E-state index in [2.05, 4.69) is 16.0 Å². The number of primary amides is 1. The number of hydrogen-bond donors (Lipinski definition) is 6. The first-order chi connectivity index (χ1) is 13.7. The predicted molar refractivity (Wildman–Crippen MR) is 102 cm³/mol. The Balaban J connectivity index is 2.73. The van der Waals surface area contributed by atoms with E-state index in [1.54, 1.807) is 30.3 Å². The summed E-state index contributed by atoms with van der Waals surface area (Å²) in [5.41, 5.74) is 11.5. The van der Waals surface area contributed by atoms with Crippen molar-refractivity contribution in [1.82, 2.24) is 16.0 Å². The fraction of sp³-hybridized carbons (Fsp3) is 0.389. The average molecular weight is 407 g/mol. The second-order valence-corrected chi connectivity index (χ2v) is 6.25.